The highest BCUT2D eigenvalue weighted by atomic mass is 16.4. The molecule has 0 fully saturated rings. The van der Waals surface area contributed by atoms with Crippen molar-refractivity contribution in [1.82, 2.24) is 15.5 Å². The molecule has 1 unspecified atom stereocenters. The Bertz CT molecular complexity index is 670. The highest BCUT2D eigenvalue weighted by molar-refractivity contribution is 5.94. The highest BCUT2D eigenvalue weighted by Gasteiger charge is 2.29. The van der Waals surface area contributed by atoms with Gasteiger partial charge in [-0.05, 0) is 45.2 Å². The van der Waals surface area contributed by atoms with E-state index >= 15 is 0 Å². The first kappa shape index (κ1) is 13.9. The molecule has 6 heteroatoms. The molecule has 6 nitrogen and oxygen atoms in total. The number of furan rings is 1. The molecule has 112 valence electrons. The third-order valence-electron chi connectivity index (χ3n) is 3.89. The van der Waals surface area contributed by atoms with Crippen molar-refractivity contribution in [3.63, 3.8) is 0 Å². The number of carbonyl (C=O) groups excluding carboxylic acids is 1. The second-order valence-electron chi connectivity index (χ2n) is 5.75. The summed E-state index contributed by atoms with van der Waals surface area (Å²) >= 11 is 0. The van der Waals surface area contributed by atoms with Crippen LogP contribution in [0.3, 0.4) is 0 Å². The Morgan fingerprint density at radius 2 is 2.33 bits per heavy atom. The van der Waals surface area contributed by atoms with Gasteiger partial charge in [-0.2, -0.15) is 5.10 Å². The summed E-state index contributed by atoms with van der Waals surface area (Å²) in [6.07, 6.45) is 2.87. The number of aryl methyl sites for hydroxylation is 2. The summed E-state index contributed by atoms with van der Waals surface area (Å²) in [5, 5.41) is 20.1. The number of aromatic amines is 1. The predicted molar refractivity (Wildman–Crippen MR) is 76.0 cm³/mol. The Morgan fingerprint density at radius 3 is 3.05 bits per heavy atom. The first-order chi connectivity index (χ1) is 9.97. The molecule has 1 amide bonds. The fourth-order valence-electron chi connectivity index (χ4n) is 2.65. The Kier molecular flexibility index (Phi) is 3.33. The summed E-state index contributed by atoms with van der Waals surface area (Å²) in [5.74, 6) is 0.896. The molecule has 2 aromatic heterocycles. The van der Waals surface area contributed by atoms with E-state index in [1.54, 1.807) is 19.1 Å². The number of aromatic nitrogens is 2. The van der Waals surface area contributed by atoms with Gasteiger partial charge in [0, 0.05) is 11.3 Å². The van der Waals surface area contributed by atoms with Crippen molar-refractivity contribution >= 4 is 5.91 Å². The minimum atomic E-state index is -1.25. The smallest absolute Gasteiger partial charge is 0.272 e. The molecule has 2 aromatic rings. The van der Waals surface area contributed by atoms with Crippen LogP contribution in [-0.2, 0) is 18.4 Å². The molecule has 0 spiro atoms. The largest absolute Gasteiger partial charge is 0.463 e. The Hall–Kier alpha value is -2.08. The zero-order valence-electron chi connectivity index (χ0n) is 12.2. The van der Waals surface area contributed by atoms with E-state index in [9.17, 15) is 9.90 Å². The lowest BCUT2D eigenvalue weighted by Crippen LogP contribution is -2.38. The van der Waals surface area contributed by atoms with Crippen molar-refractivity contribution in [1.29, 1.82) is 0 Å². The molecule has 0 saturated carbocycles. The van der Waals surface area contributed by atoms with E-state index in [2.05, 4.69) is 15.5 Å². The summed E-state index contributed by atoms with van der Waals surface area (Å²) in [5.41, 5.74) is 1.24. The van der Waals surface area contributed by atoms with Gasteiger partial charge in [-0.1, -0.05) is 0 Å². The lowest BCUT2D eigenvalue weighted by molar-refractivity contribution is 0.0322. The van der Waals surface area contributed by atoms with Gasteiger partial charge in [-0.15, -0.1) is 0 Å². The van der Waals surface area contributed by atoms with Crippen LogP contribution < -0.4 is 5.32 Å². The maximum atomic E-state index is 12.2. The van der Waals surface area contributed by atoms with Gasteiger partial charge in [0.1, 0.15) is 17.1 Å². The third kappa shape index (κ3) is 2.58. The maximum absolute atomic E-state index is 12.2. The van der Waals surface area contributed by atoms with Crippen LogP contribution in [0.2, 0.25) is 0 Å². The summed E-state index contributed by atoms with van der Waals surface area (Å²) in [6, 6.07) is 3.50. The molecular formula is C15H19N3O3. The number of aliphatic hydroxyl groups is 1. The lowest BCUT2D eigenvalue weighted by Gasteiger charge is -2.21. The number of amides is 1. The third-order valence-corrected chi connectivity index (χ3v) is 3.89. The molecule has 0 aromatic carbocycles. The van der Waals surface area contributed by atoms with Crippen LogP contribution in [0.1, 0.15) is 46.6 Å². The molecule has 0 saturated heterocycles. The number of nitrogens with zero attached hydrogens (tertiary/aromatic N) is 1. The summed E-state index contributed by atoms with van der Waals surface area (Å²) in [6.45, 7) is 3.49. The molecule has 21 heavy (non-hydrogen) atoms. The van der Waals surface area contributed by atoms with E-state index < -0.39 is 5.60 Å². The molecule has 0 bridgehead atoms. The average molecular weight is 289 g/mol. The number of rotatable bonds is 4. The molecule has 2 heterocycles. The summed E-state index contributed by atoms with van der Waals surface area (Å²) < 4.78 is 5.42. The Balaban J connectivity index is 1.68. The number of nitrogens with one attached hydrogen (secondary N) is 2. The van der Waals surface area contributed by atoms with Gasteiger partial charge in [-0.3, -0.25) is 9.89 Å². The van der Waals surface area contributed by atoms with Crippen molar-refractivity contribution in [2.45, 2.75) is 38.7 Å². The highest BCUT2D eigenvalue weighted by Crippen LogP contribution is 2.24. The lowest BCUT2D eigenvalue weighted by atomic mass is 10.0. The normalized spacial score (nSPS) is 16.5. The Labute approximate surface area is 122 Å². The molecule has 0 radical (unpaired) electrons. The number of hydrogen-bond acceptors (Lipinski definition) is 4. The van der Waals surface area contributed by atoms with E-state index in [-0.39, 0.29) is 12.5 Å². The number of H-pyrrole nitrogens is 1. The van der Waals surface area contributed by atoms with Gasteiger partial charge >= 0.3 is 0 Å². The maximum Gasteiger partial charge on any atom is 0.272 e. The Morgan fingerprint density at radius 1 is 1.52 bits per heavy atom. The monoisotopic (exact) mass is 289 g/mol. The standard InChI is InChI=1S/C15H19N3O3/c1-9-6-7-12(21-9)15(2,20)8-16-14(19)13-10-4-3-5-11(10)17-18-13/h6-7,20H,3-5,8H2,1-2H3,(H,16,19)(H,17,18). The van der Waals surface area contributed by atoms with E-state index in [1.807, 2.05) is 6.92 Å². The zero-order valence-corrected chi connectivity index (χ0v) is 12.2. The van der Waals surface area contributed by atoms with E-state index in [1.165, 1.54) is 0 Å². The van der Waals surface area contributed by atoms with Crippen LogP contribution in [0, 0.1) is 6.92 Å². The van der Waals surface area contributed by atoms with Crippen molar-refractivity contribution < 1.29 is 14.3 Å². The average Bonchev–Trinajstić information content (AvgIpc) is 3.11. The minimum absolute atomic E-state index is 0.0699. The number of fused-ring (bicyclic) bond motifs is 1. The topological polar surface area (TPSA) is 91.1 Å². The molecule has 1 aliphatic carbocycles. The van der Waals surface area contributed by atoms with Gasteiger partial charge in [-0.25, -0.2) is 0 Å². The SMILES string of the molecule is Cc1ccc(C(C)(O)CNC(=O)c2n[nH]c3c2CCC3)o1. The first-order valence-electron chi connectivity index (χ1n) is 7.11. The van der Waals surface area contributed by atoms with E-state index in [4.69, 9.17) is 4.42 Å². The quantitative estimate of drug-likeness (QED) is 0.794. The second kappa shape index (κ2) is 5.04. The molecule has 1 atom stereocenters. The molecule has 0 aliphatic heterocycles. The van der Waals surface area contributed by atoms with Crippen molar-refractivity contribution in [3.8, 4) is 0 Å². The molecule has 3 rings (SSSR count). The summed E-state index contributed by atoms with van der Waals surface area (Å²) in [7, 11) is 0. The van der Waals surface area contributed by atoms with Crippen molar-refractivity contribution in [2.24, 2.45) is 0 Å². The second-order valence-corrected chi connectivity index (χ2v) is 5.75. The fraction of sp³-hybridized carbons (Fsp3) is 0.467. The van der Waals surface area contributed by atoms with E-state index in [0.717, 1.165) is 36.3 Å². The zero-order chi connectivity index (χ0) is 15.0. The van der Waals surface area contributed by atoms with Crippen LogP contribution >= 0.6 is 0 Å². The van der Waals surface area contributed by atoms with Crippen molar-refractivity contribution in [3.05, 3.63) is 40.6 Å². The molecule has 3 N–H and O–H groups in total. The van der Waals surface area contributed by atoms with Crippen LogP contribution in [0.4, 0.5) is 0 Å². The minimum Gasteiger partial charge on any atom is -0.463 e. The predicted octanol–water partition coefficient (Wildman–Crippen LogP) is 1.44. The van der Waals surface area contributed by atoms with Crippen LogP contribution in [0.15, 0.2) is 16.5 Å². The molecular weight excluding hydrogens is 270 g/mol. The van der Waals surface area contributed by atoms with Gasteiger partial charge in [0.15, 0.2) is 5.69 Å². The van der Waals surface area contributed by atoms with Gasteiger partial charge < -0.3 is 14.8 Å². The fourth-order valence-corrected chi connectivity index (χ4v) is 2.65. The van der Waals surface area contributed by atoms with E-state index in [0.29, 0.717) is 11.5 Å². The summed E-state index contributed by atoms with van der Waals surface area (Å²) in [4.78, 5) is 12.2. The van der Waals surface area contributed by atoms with Crippen molar-refractivity contribution in [2.75, 3.05) is 6.54 Å². The van der Waals surface area contributed by atoms with Crippen LogP contribution in [-0.4, -0.2) is 27.8 Å². The first-order valence-corrected chi connectivity index (χ1v) is 7.11. The van der Waals surface area contributed by atoms with Crippen LogP contribution in [0.5, 0.6) is 0 Å². The van der Waals surface area contributed by atoms with Crippen LogP contribution in [0.25, 0.3) is 0 Å². The number of hydrogen-bond donors (Lipinski definition) is 3. The van der Waals surface area contributed by atoms with Gasteiger partial charge in [0.2, 0.25) is 0 Å². The van der Waals surface area contributed by atoms with Gasteiger partial charge in [0.05, 0.1) is 6.54 Å². The van der Waals surface area contributed by atoms with Gasteiger partial charge in [0.25, 0.3) is 5.91 Å². The molecule has 1 aliphatic rings. The number of carbonyl (C=O) groups is 1.